The SMILES string of the molecule is C[C@H](C(=O)N1CCN(c2ccccc2-c2ccccc2)C(=O)C1)n1cncn1. The Morgan fingerprint density at radius 2 is 1.79 bits per heavy atom. The van der Waals surface area contributed by atoms with Crippen LogP contribution in [0.5, 0.6) is 0 Å². The Morgan fingerprint density at radius 3 is 2.50 bits per heavy atom. The third kappa shape index (κ3) is 3.38. The Bertz CT molecular complexity index is 971. The van der Waals surface area contributed by atoms with Crippen molar-refractivity contribution in [3.63, 3.8) is 0 Å². The number of hydrogen-bond donors (Lipinski definition) is 0. The van der Waals surface area contributed by atoms with Crippen LogP contribution in [0.3, 0.4) is 0 Å². The van der Waals surface area contributed by atoms with Crippen molar-refractivity contribution in [1.82, 2.24) is 19.7 Å². The molecule has 1 aromatic heterocycles. The minimum atomic E-state index is -0.488. The molecule has 0 bridgehead atoms. The van der Waals surface area contributed by atoms with Gasteiger partial charge in [-0.25, -0.2) is 9.67 Å². The summed E-state index contributed by atoms with van der Waals surface area (Å²) in [5, 5.41) is 4.02. The van der Waals surface area contributed by atoms with Crippen LogP contribution in [0, 0.1) is 0 Å². The maximum atomic E-state index is 12.9. The van der Waals surface area contributed by atoms with E-state index in [0.717, 1.165) is 16.8 Å². The molecule has 0 spiro atoms. The molecule has 2 aromatic carbocycles. The molecule has 3 aromatic rings. The molecule has 1 aliphatic heterocycles. The number of amides is 2. The smallest absolute Gasteiger partial charge is 0.247 e. The van der Waals surface area contributed by atoms with Gasteiger partial charge in [-0.05, 0) is 18.6 Å². The first-order valence-electron chi connectivity index (χ1n) is 9.23. The van der Waals surface area contributed by atoms with Crippen LogP contribution in [0.1, 0.15) is 13.0 Å². The lowest BCUT2D eigenvalue weighted by Gasteiger charge is -2.36. The summed E-state index contributed by atoms with van der Waals surface area (Å²) in [5.41, 5.74) is 2.94. The average Bonchev–Trinajstić information content (AvgIpc) is 3.28. The molecule has 28 heavy (non-hydrogen) atoms. The van der Waals surface area contributed by atoms with E-state index < -0.39 is 6.04 Å². The second-order valence-electron chi connectivity index (χ2n) is 6.74. The molecule has 2 heterocycles. The first kappa shape index (κ1) is 17.9. The summed E-state index contributed by atoms with van der Waals surface area (Å²) in [4.78, 5) is 32.9. The number of carbonyl (C=O) groups excluding carboxylic acids is 2. The van der Waals surface area contributed by atoms with Crippen LogP contribution in [0.4, 0.5) is 5.69 Å². The molecule has 1 fully saturated rings. The standard InChI is InChI=1S/C21H21N5O2/c1-16(26-15-22-14-23-26)21(28)24-11-12-25(20(27)13-24)19-10-6-5-9-18(19)17-7-3-2-4-8-17/h2-10,14-16H,11-13H2,1H3/t16-/m1/s1. The van der Waals surface area contributed by atoms with Crippen molar-refractivity contribution in [3.8, 4) is 11.1 Å². The highest BCUT2D eigenvalue weighted by Crippen LogP contribution is 2.31. The van der Waals surface area contributed by atoms with E-state index in [9.17, 15) is 9.59 Å². The quantitative estimate of drug-likeness (QED) is 0.702. The molecule has 0 radical (unpaired) electrons. The number of benzene rings is 2. The van der Waals surface area contributed by atoms with Crippen LogP contribution >= 0.6 is 0 Å². The van der Waals surface area contributed by atoms with E-state index in [2.05, 4.69) is 10.1 Å². The number of piperazine rings is 1. The van der Waals surface area contributed by atoms with Crippen molar-refractivity contribution in [2.45, 2.75) is 13.0 Å². The zero-order chi connectivity index (χ0) is 19.5. The second kappa shape index (κ2) is 7.64. The van der Waals surface area contributed by atoms with Gasteiger partial charge in [0.05, 0.1) is 5.69 Å². The molecule has 1 aliphatic rings. The summed E-state index contributed by atoms with van der Waals surface area (Å²) < 4.78 is 1.50. The summed E-state index contributed by atoms with van der Waals surface area (Å²) in [6, 6.07) is 17.4. The van der Waals surface area contributed by atoms with Crippen LogP contribution in [0.25, 0.3) is 11.1 Å². The van der Waals surface area contributed by atoms with Gasteiger partial charge >= 0.3 is 0 Å². The third-order valence-electron chi connectivity index (χ3n) is 5.00. The number of hydrogen-bond acceptors (Lipinski definition) is 4. The molecule has 1 saturated heterocycles. The van der Waals surface area contributed by atoms with E-state index >= 15 is 0 Å². The van der Waals surface area contributed by atoms with Gasteiger partial charge in [-0.15, -0.1) is 0 Å². The van der Waals surface area contributed by atoms with E-state index in [1.54, 1.807) is 16.7 Å². The molecule has 1 atom stereocenters. The van der Waals surface area contributed by atoms with Crippen LogP contribution < -0.4 is 4.90 Å². The predicted molar refractivity (Wildman–Crippen MR) is 106 cm³/mol. The number of anilines is 1. The second-order valence-corrected chi connectivity index (χ2v) is 6.74. The third-order valence-corrected chi connectivity index (χ3v) is 5.00. The topological polar surface area (TPSA) is 71.3 Å². The average molecular weight is 375 g/mol. The van der Waals surface area contributed by atoms with Gasteiger partial charge in [-0.3, -0.25) is 9.59 Å². The first-order chi connectivity index (χ1) is 13.6. The molecule has 142 valence electrons. The molecule has 7 nitrogen and oxygen atoms in total. The van der Waals surface area contributed by atoms with Gasteiger partial charge in [0, 0.05) is 18.7 Å². The molecular weight excluding hydrogens is 354 g/mol. The van der Waals surface area contributed by atoms with Gasteiger partial charge in [0.25, 0.3) is 0 Å². The van der Waals surface area contributed by atoms with Crippen molar-refractivity contribution >= 4 is 17.5 Å². The minimum absolute atomic E-state index is 0.0565. The van der Waals surface area contributed by atoms with Crippen LogP contribution in [0.15, 0.2) is 67.3 Å². The Morgan fingerprint density at radius 1 is 1.04 bits per heavy atom. The maximum Gasteiger partial charge on any atom is 0.247 e. The van der Waals surface area contributed by atoms with Crippen LogP contribution in [0.2, 0.25) is 0 Å². The van der Waals surface area contributed by atoms with Crippen molar-refractivity contribution in [3.05, 3.63) is 67.3 Å². The normalized spacial score (nSPS) is 15.5. The molecule has 2 amide bonds. The van der Waals surface area contributed by atoms with Gasteiger partial charge in [-0.2, -0.15) is 5.10 Å². The fourth-order valence-electron chi connectivity index (χ4n) is 3.48. The fourth-order valence-corrected chi connectivity index (χ4v) is 3.48. The monoisotopic (exact) mass is 375 g/mol. The zero-order valence-electron chi connectivity index (χ0n) is 15.6. The zero-order valence-corrected chi connectivity index (χ0v) is 15.6. The van der Waals surface area contributed by atoms with E-state index in [0.29, 0.717) is 13.1 Å². The minimum Gasteiger partial charge on any atom is -0.330 e. The summed E-state index contributed by atoms with van der Waals surface area (Å²) >= 11 is 0. The van der Waals surface area contributed by atoms with Gasteiger partial charge in [0.15, 0.2) is 0 Å². The summed E-state index contributed by atoms with van der Waals surface area (Å²) in [6.45, 7) is 2.75. The largest absolute Gasteiger partial charge is 0.330 e. The highest BCUT2D eigenvalue weighted by Gasteiger charge is 2.31. The molecule has 0 unspecified atom stereocenters. The maximum absolute atomic E-state index is 12.9. The predicted octanol–water partition coefficient (Wildman–Crippen LogP) is 2.38. The van der Waals surface area contributed by atoms with E-state index in [1.165, 1.54) is 17.3 Å². The highest BCUT2D eigenvalue weighted by molar-refractivity contribution is 6.01. The van der Waals surface area contributed by atoms with Gasteiger partial charge in [-0.1, -0.05) is 48.5 Å². The lowest BCUT2D eigenvalue weighted by atomic mass is 10.0. The number of rotatable bonds is 4. The Balaban J connectivity index is 1.53. The number of para-hydroxylation sites is 1. The summed E-state index contributed by atoms with van der Waals surface area (Å²) in [6.07, 6.45) is 2.91. The number of carbonyl (C=O) groups is 2. The molecule has 0 saturated carbocycles. The Labute approximate surface area is 163 Å². The van der Waals surface area contributed by atoms with Crippen molar-refractivity contribution in [2.24, 2.45) is 0 Å². The first-order valence-corrected chi connectivity index (χ1v) is 9.23. The van der Waals surface area contributed by atoms with Gasteiger partial charge < -0.3 is 9.80 Å². The molecule has 0 aliphatic carbocycles. The fraction of sp³-hybridized carbons (Fsp3) is 0.238. The lowest BCUT2D eigenvalue weighted by Crippen LogP contribution is -2.53. The summed E-state index contributed by atoms with van der Waals surface area (Å²) in [5.74, 6) is -0.219. The number of nitrogens with zero attached hydrogens (tertiary/aromatic N) is 5. The molecular formula is C21H21N5O2. The highest BCUT2D eigenvalue weighted by atomic mass is 16.2. The number of aromatic nitrogens is 3. The summed E-state index contributed by atoms with van der Waals surface area (Å²) in [7, 11) is 0. The van der Waals surface area contributed by atoms with E-state index in [-0.39, 0.29) is 18.4 Å². The molecule has 7 heteroatoms. The van der Waals surface area contributed by atoms with Crippen molar-refractivity contribution in [1.29, 1.82) is 0 Å². The van der Waals surface area contributed by atoms with E-state index in [4.69, 9.17) is 0 Å². The lowest BCUT2D eigenvalue weighted by molar-refractivity contribution is -0.139. The molecule has 0 N–H and O–H groups in total. The van der Waals surface area contributed by atoms with Gasteiger partial charge in [0.2, 0.25) is 11.8 Å². The van der Waals surface area contributed by atoms with Crippen LogP contribution in [-0.4, -0.2) is 51.1 Å². The Kier molecular flexibility index (Phi) is 4.89. The van der Waals surface area contributed by atoms with E-state index in [1.807, 2.05) is 54.6 Å². The Hall–Kier alpha value is -3.48. The van der Waals surface area contributed by atoms with Crippen molar-refractivity contribution in [2.75, 3.05) is 24.5 Å². The molecule has 4 rings (SSSR count). The van der Waals surface area contributed by atoms with Crippen LogP contribution in [-0.2, 0) is 9.59 Å². The van der Waals surface area contributed by atoms with Crippen molar-refractivity contribution < 1.29 is 9.59 Å². The van der Waals surface area contributed by atoms with Gasteiger partial charge in [0.1, 0.15) is 25.2 Å².